The second kappa shape index (κ2) is 8.41. The first-order chi connectivity index (χ1) is 8.27. The van der Waals surface area contributed by atoms with E-state index in [2.05, 4.69) is 15.2 Å². The Hall–Kier alpha value is -0.690. The van der Waals surface area contributed by atoms with E-state index in [4.69, 9.17) is 9.47 Å². The molecule has 0 aliphatic rings. The average molecular weight is 259 g/mol. The van der Waals surface area contributed by atoms with Gasteiger partial charge in [-0.15, -0.1) is 11.3 Å². The van der Waals surface area contributed by atoms with Crippen molar-refractivity contribution in [1.29, 1.82) is 0 Å². The maximum atomic E-state index is 5.04. The van der Waals surface area contributed by atoms with E-state index in [1.807, 2.05) is 13.2 Å². The smallest absolute Gasteiger partial charge is 0.185 e. The largest absolute Gasteiger partial charge is 0.383 e. The zero-order chi connectivity index (χ0) is 12.5. The van der Waals surface area contributed by atoms with Crippen LogP contribution in [0, 0.1) is 0 Å². The van der Waals surface area contributed by atoms with E-state index in [1.165, 1.54) is 4.88 Å². The Kier molecular flexibility index (Phi) is 7.11. The first-order valence-electron chi connectivity index (χ1n) is 5.62. The summed E-state index contributed by atoms with van der Waals surface area (Å²) in [5.74, 6) is 0. The van der Waals surface area contributed by atoms with Crippen molar-refractivity contribution in [2.24, 2.45) is 0 Å². The average Bonchev–Trinajstić information content (AvgIpc) is 2.80. The number of aromatic nitrogens is 1. The van der Waals surface area contributed by atoms with Gasteiger partial charge in [0.1, 0.15) is 0 Å². The standard InChI is InChI=1S/C11H21N3O2S/c1-14(5-7-16-3)11-13-9-10(17-11)8-12-4-6-15-2/h9,12H,4-8H2,1-3H3. The third kappa shape index (κ3) is 5.45. The molecule has 0 radical (unpaired) electrons. The molecule has 1 aromatic rings. The summed E-state index contributed by atoms with van der Waals surface area (Å²) in [5, 5.41) is 4.33. The molecular formula is C11H21N3O2S. The van der Waals surface area contributed by atoms with Crippen molar-refractivity contribution in [3.8, 4) is 0 Å². The molecule has 5 nitrogen and oxygen atoms in total. The van der Waals surface area contributed by atoms with Crippen LogP contribution in [0.3, 0.4) is 0 Å². The third-order valence-electron chi connectivity index (χ3n) is 2.28. The Morgan fingerprint density at radius 2 is 2.12 bits per heavy atom. The number of likely N-dealkylation sites (N-methyl/N-ethyl adjacent to an activating group) is 1. The van der Waals surface area contributed by atoms with Crippen LogP contribution in [-0.4, -0.2) is 52.6 Å². The molecular weight excluding hydrogens is 238 g/mol. The van der Waals surface area contributed by atoms with E-state index in [0.717, 1.165) is 38.0 Å². The highest BCUT2D eigenvalue weighted by molar-refractivity contribution is 7.15. The van der Waals surface area contributed by atoms with Crippen molar-refractivity contribution < 1.29 is 9.47 Å². The summed E-state index contributed by atoms with van der Waals surface area (Å²) in [5.41, 5.74) is 0. The quantitative estimate of drug-likeness (QED) is 0.669. The van der Waals surface area contributed by atoms with Crippen molar-refractivity contribution >= 4 is 16.5 Å². The summed E-state index contributed by atoms with van der Waals surface area (Å²) in [6, 6.07) is 0. The van der Waals surface area contributed by atoms with E-state index in [0.29, 0.717) is 0 Å². The lowest BCUT2D eigenvalue weighted by Gasteiger charge is -2.14. The molecule has 0 amide bonds. The molecule has 1 rings (SSSR count). The van der Waals surface area contributed by atoms with Crippen LogP contribution in [-0.2, 0) is 16.0 Å². The van der Waals surface area contributed by atoms with Crippen molar-refractivity contribution in [3.05, 3.63) is 11.1 Å². The minimum absolute atomic E-state index is 0.720. The Balaban J connectivity index is 2.31. The van der Waals surface area contributed by atoms with Gasteiger partial charge < -0.3 is 19.7 Å². The number of hydrogen-bond donors (Lipinski definition) is 1. The van der Waals surface area contributed by atoms with Crippen LogP contribution in [0.4, 0.5) is 5.13 Å². The first-order valence-corrected chi connectivity index (χ1v) is 6.44. The van der Waals surface area contributed by atoms with Crippen LogP contribution < -0.4 is 10.2 Å². The molecule has 1 heterocycles. The normalized spacial score (nSPS) is 10.8. The van der Waals surface area contributed by atoms with Crippen LogP contribution in [0.1, 0.15) is 4.88 Å². The molecule has 0 atom stereocenters. The van der Waals surface area contributed by atoms with Gasteiger partial charge in [-0.05, 0) is 0 Å². The Bertz CT molecular complexity index is 307. The fourth-order valence-electron chi connectivity index (χ4n) is 1.27. The van der Waals surface area contributed by atoms with Crippen LogP contribution in [0.15, 0.2) is 6.20 Å². The number of ether oxygens (including phenoxy) is 2. The number of nitrogens with zero attached hydrogens (tertiary/aromatic N) is 2. The molecule has 0 spiro atoms. The van der Waals surface area contributed by atoms with Crippen molar-refractivity contribution in [3.63, 3.8) is 0 Å². The van der Waals surface area contributed by atoms with Gasteiger partial charge in [0.25, 0.3) is 0 Å². The second-order valence-electron chi connectivity index (χ2n) is 3.69. The molecule has 6 heteroatoms. The highest BCUT2D eigenvalue weighted by Crippen LogP contribution is 2.20. The lowest BCUT2D eigenvalue weighted by Crippen LogP contribution is -2.21. The SMILES string of the molecule is COCCNCc1cnc(N(C)CCOC)s1. The van der Waals surface area contributed by atoms with E-state index < -0.39 is 0 Å². The molecule has 0 fully saturated rings. The number of anilines is 1. The van der Waals surface area contributed by atoms with Gasteiger partial charge >= 0.3 is 0 Å². The van der Waals surface area contributed by atoms with Crippen LogP contribution >= 0.6 is 11.3 Å². The molecule has 0 saturated heterocycles. The predicted molar refractivity (Wildman–Crippen MR) is 70.8 cm³/mol. The minimum atomic E-state index is 0.720. The molecule has 0 aliphatic heterocycles. The van der Waals surface area contributed by atoms with Crippen molar-refractivity contribution in [1.82, 2.24) is 10.3 Å². The molecule has 0 bridgehead atoms. The summed E-state index contributed by atoms with van der Waals surface area (Å²) in [6.07, 6.45) is 1.92. The summed E-state index contributed by atoms with van der Waals surface area (Å²) in [4.78, 5) is 7.73. The zero-order valence-corrected chi connectivity index (χ0v) is 11.5. The zero-order valence-electron chi connectivity index (χ0n) is 10.7. The molecule has 17 heavy (non-hydrogen) atoms. The fourth-order valence-corrected chi connectivity index (χ4v) is 2.13. The van der Waals surface area contributed by atoms with Gasteiger partial charge in [0.2, 0.25) is 0 Å². The topological polar surface area (TPSA) is 46.6 Å². The summed E-state index contributed by atoms with van der Waals surface area (Å²) < 4.78 is 10.0. The van der Waals surface area contributed by atoms with E-state index in [-0.39, 0.29) is 0 Å². The summed E-state index contributed by atoms with van der Waals surface area (Å²) in [7, 11) is 5.44. The number of thiazole rings is 1. The molecule has 0 unspecified atom stereocenters. The van der Waals surface area contributed by atoms with E-state index in [9.17, 15) is 0 Å². The third-order valence-corrected chi connectivity index (χ3v) is 3.39. The number of hydrogen-bond acceptors (Lipinski definition) is 6. The van der Waals surface area contributed by atoms with Gasteiger partial charge in [-0.25, -0.2) is 4.98 Å². The lowest BCUT2D eigenvalue weighted by molar-refractivity contribution is 0.199. The van der Waals surface area contributed by atoms with Crippen molar-refractivity contribution in [2.75, 3.05) is 52.5 Å². The number of methoxy groups -OCH3 is 2. The molecule has 0 aromatic carbocycles. The van der Waals surface area contributed by atoms with Crippen molar-refractivity contribution in [2.45, 2.75) is 6.54 Å². The Morgan fingerprint density at radius 1 is 1.35 bits per heavy atom. The molecule has 1 N–H and O–H groups in total. The molecule has 0 saturated carbocycles. The van der Waals surface area contributed by atoms with Gasteiger partial charge in [0.15, 0.2) is 5.13 Å². The maximum Gasteiger partial charge on any atom is 0.185 e. The highest BCUT2D eigenvalue weighted by Gasteiger charge is 2.06. The summed E-state index contributed by atoms with van der Waals surface area (Å²) in [6.45, 7) is 4.03. The molecule has 1 aromatic heterocycles. The Morgan fingerprint density at radius 3 is 2.82 bits per heavy atom. The van der Waals surface area contributed by atoms with Gasteiger partial charge in [-0.3, -0.25) is 0 Å². The maximum absolute atomic E-state index is 5.04. The van der Waals surface area contributed by atoms with Gasteiger partial charge in [-0.1, -0.05) is 0 Å². The van der Waals surface area contributed by atoms with Gasteiger partial charge in [0, 0.05) is 52.0 Å². The van der Waals surface area contributed by atoms with E-state index >= 15 is 0 Å². The number of nitrogens with one attached hydrogen (secondary N) is 1. The lowest BCUT2D eigenvalue weighted by atomic mass is 10.5. The Labute approximate surface area is 107 Å². The monoisotopic (exact) mass is 259 g/mol. The molecule has 0 aliphatic carbocycles. The van der Waals surface area contributed by atoms with Gasteiger partial charge in [-0.2, -0.15) is 0 Å². The van der Waals surface area contributed by atoms with Gasteiger partial charge in [0.05, 0.1) is 13.2 Å². The first kappa shape index (κ1) is 14.4. The molecule has 98 valence electrons. The fraction of sp³-hybridized carbons (Fsp3) is 0.727. The second-order valence-corrected chi connectivity index (χ2v) is 4.79. The van der Waals surface area contributed by atoms with Crippen LogP contribution in [0.2, 0.25) is 0 Å². The number of rotatable bonds is 9. The van der Waals surface area contributed by atoms with E-state index in [1.54, 1.807) is 25.6 Å². The highest BCUT2D eigenvalue weighted by atomic mass is 32.1. The van der Waals surface area contributed by atoms with Crippen LogP contribution in [0.25, 0.3) is 0 Å². The van der Waals surface area contributed by atoms with Crippen LogP contribution in [0.5, 0.6) is 0 Å². The summed E-state index contributed by atoms with van der Waals surface area (Å²) >= 11 is 1.71. The predicted octanol–water partition coefficient (Wildman–Crippen LogP) is 0.962. The minimum Gasteiger partial charge on any atom is -0.383 e.